The summed E-state index contributed by atoms with van der Waals surface area (Å²) in [6.07, 6.45) is 4.35. The van der Waals surface area contributed by atoms with Crippen molar-refractivity contribution in [2.75, 3.05) is 0 Å². The number of hydrogen-bond acceptors (Lipinski definition) is 1. The van der Waals surface area contributed by atoms with Gasteiger partial charge in [-0.25, -0.2) is 0 Å². The number of rotatable bonds is 3. The molecule has 0 aliphatic heterocycles. The van der Waals surface area contributed by atoms with Gasteiger partial charge in [0, 0.05) is 18.9 Å². The Hall–Kier alpha value is -0.790. The third-order valence-corrected chi connectivity index (χ3v) is 2.09. The second-order valence-corrected chi connectivity index (χ2v) is 3.07. The highest BCUT2D eigenvalue weighted by atomic mass is 15.3. The normalized spacial score (nSPS) is 13.4. The zero-order chi connectivity index (χ0) is 8.27. The second kappa shape index (κ2) is 3.56. The van der Waals surface area contributed by atoms with Crippen LogP contribution in [-0.2, 0) is 7.05 Å². The molecular weight excluding hydrogens is 136 g/mol. The molecule has 0 aliphatic carbocycles. The van der Waals surface area contributed by atoms with Gasteiger partial charge in [0.25, 0.3) is 0 Å². The van der Waals surface area contributed by atoms with E-state index in [2.05, 4.69) is 25.0 Å². The van der Waals surface area contributed by atoms with Gasteiger partial charge in [-0.3, -0.25) is 4.68 Å². The molecule has 0 aliphatic rings. The van der Waals surface area contributed by atoms with Crippen LogP contribution in [0.4, 0.5) is 0 Å². The lowest BCUT2D eigenvalue weighted by Crippen LogP contribution is -2.02. The quantitative estimate of drug-likeness (QED) is 0.650. The highest BCUT2D eigenvalue weighted by molar-refractivity contribution is 5.05. The molecule has 0 aromatic carbocycles. The van der Waals surface area contributed by atoms with Crippen LogP contribution in [0.15, 0.2) is 12.3 Å². The lowest BCUT2D eigenvalue weighted by molar-refractivity contribution is 0.594. The van der Waals surface area contributed by atoms with Crippen LogP contribution in [0.2, 0.25) is 0 Å². The number of hydrogen-bond donors (Lipinski definition) is 0. The molecule has 1 heterocycles. The molecule has 0 saturated carbocycles. The molecule has 1 aromatic heterocycles. The van der Waals surface area contributed by atoms with Gasteiger partial charge in [-0.15, -0.1) is 0 Å². The van der Waals surface area contributed by atoms with Gasteiger partial charge in [-0.1, -0.05) is 20.3 Å². The van der Waals surface area contributed by atoms with Crippen molar-refractivity contribution in [3.05, 3.63) is 18.0 Å². The summed E-state index contributed by atoms with van der Waals surface area (Å²) in [5.41, 5.74) is 1.34. The Morgan fingerprint density at radius 1 is 1.64 bits per heavy atom. The van der Waals surface area contributed by atoms with E-state index in [-0.39, 0.29) is 0 Å². The lowest BCUT2D eigenvalue weighted by atomic mass is 10.0. The Morgan fingerprint density at radius 2 is 2.36 bits per heavy atom. The van der Waals surface area contributed by atoms with E-state index in [4.69, 9.17) is 0 Å². The summed E-state index contributed by atoms with van der Waals surface area (Å²) in [6.45, 7) is 4.47. The highest BCUT2D eigenvalue weighted by Gasteiger charge is 2.06. The molecule has 0 N–H and O–H groups in total. The van der Waals surface area contributed by atoms with Gasteiger partial charge in [-0.05, 0) is 18.4 Å². The molecule has 2 heteroatoms. The minimum absolute atomic E-state index is 0.646. The van der Waals surface area contributed by atoms with Gasteiger partial charge in [0.2, 0.25) is 0 Å². The molecule has 0 amide bonds. The molecule has 1 rings (SSSR count). The molecule has 2 nitrogen and oxygen atoms in total. The molecule has 62 valence electrons. The van der Waals surface area contributed by atoms with Crippen LogP contribution in [0.3, 0.4) is 0 Å². The van der Waals surface area contributed by atoms with Crippen molar-refractivity contribution in [1.82, 2.24) is 9.78 Å². The molecule has 0 fully saturated rings. The molecule has 0 saturated heterocycles. The maximum absolute atomic E-state index is 4.14. The number of nitrogens with zero attached hydrogens (tertiary/aromatic N) is 2. The average molecular weight is 152 g/mol. The summed E-state index contributed by atoms with van der Waals surface area (Å²) in [4.78, 5) is 0. The largest absolute Gasteiger partial charge is 0.272 e. The summed E-state index contributed by atoms with van der Waals surface area (Å²) >= 11 is 0. The lowest BCUT2D eigenvalue weighted by Gasteiger charge is -2.09. The van der Waals surface area contributed by atoms with Gasteiger partial charge in [0.15, 0.2) is 0 Å². The summed E-state index contributed by atoms with van der Waals surface area (Å²) in [6, 6.07) is 2.10. The maximum Gasteiger partial charge on any atom is 0.0492 e. The SMILES string of the molecule is CCCC(C)c1ccnn1C. The topological polar surface area (TPSA) is 17.8 Å². The first-order valence-corrected chi connectivity index (χ1v) is 4.23. The Balaban J connectivity index is 2.67. The maximum atomic E-state index is 4.14. The molecule has 1 atom stereocenters. The monoisotopic (exact) mass is 152 g/mol. The predicted octanol–water partition coefficient (Wildman–Crippen LogP) is 2.32. The van der Waals surface area contributed by atoms with Gasteiger partial charge in [0.05, 0.1) is 0 Å². The van der Waals surface area contributed by atoms with Gasteiger partial charge < -0.3 is 0 Å². The van der Waals surface area contributed by atoms with E-state index < -0.39 is 0 Å². The fourth-order valence-electron chi connectivity index (χ4n) is 1.45. The van der Waals surface area contributed by atoms with Crippen LogP contribution in [-0.4, -0.2) is 9.78 Å². The summed E-state index contributed by atoms with van der Waals surface area (Å²) in [5, 5.41) is 4.14. The number of aromatic nitrogens is 2. The molecule has 0 spiro atoms. The Morgan fingerprint density at radius 3 is 2.82 bits per heavy atom. The Labute approximate surface area is 68.2 Å². The minimum Gasteiger partial charge on any atom is -0.272 e. The first-order chi connectivity index (χ1) is 5.25. The minimum atomic E-state index is 0.646. The van der Waals surface area contributed by atoms with Crippen LogP contribution < -0.4 is 0 Å². The molecule has 1 aromatic rings. The summed E-state index contributed by atoms with van der Waals surface area (Å²) in [5.74, 6) is 0.646. The van der Waals surface area contributed by atoms with Crippen LogP contribution >= 0.6 is 0 Å². The van der Waals surface area contributed by atoms with Crippen LogP contribution in [0.1, 0.15) is 38.3 Å². The first kappa shape index (κ1) is 8.31. The van der Waals surface area contributed by atoms with Crippen molar-refractivity contribution in [3.63, 3.8) is 0 Å². The smallest absolute Gasteiger partial charge is 0.0492 e. The van der Waals surface area contributed by atoms with Crippen molar-refractivity contribution >= 4 is 0 Å². The van der Waals surface area contributed by atoms with Crippen molar-refractivity contribution in [2.45, 2.75) is 32.6 Å². The third-order valence-electron chi connectivity index (χ3n) is 2.09. The van der Waals surface area contributed by atoms with Gasteiger partial charge in [0.1, 0.15) is 0 Å². The van der Waals surface area contributed by atoms with Crippen molar-refractivity contribution in [1.29, 1.82) is 0 Å². The average Bonchev–Trinajstić information content (AvgIpc) is 2.36. The molecule has 0 radical (unpaired) electrons. The molecule has 1 unspecified atom stereocenters. The predicted molar refractivity (Wildman–Crippen MR) is 46.5 cm³/mol. The third kappa shape index (κ3) is 1.82. The van der Waals surface area contributed by atoms with Crippen molar-refractivity contribution in [2.24, 2.45) is 7.05 Å². The highest BCUT2D eigenvalue weighted by Crippen LogP contribution is 2.18. The van der Waals surface area contributed by atoms with E-state index in [1.165, 1.54) is 18.5 Å². The number of aryl methyl sites for hydroxylation is 1. The van der Waals surface area contributed by atoms with E-state index >= 15 is 0 Å². The van der Waals surface area contributed by atoms with Crippen LogP contribution in [0.25, 0.3) is 0 Å². The fraction of sp³-hybridized carbons (Fsp3) is 0.667. The summed E-state index contributed by atoms with van der Waals surface area (Å²) < 4.78 is 1.96. The standard InChI is InChI=1S/C9H16N2/c1-4-5-8(2)9-6-7-10-11(9)3/h6-8H,4-5H2,1-3H3. The molecular formula is C9H16N2. The van der Waals surface area contributed by atoms with E-state index in [0.29, 0.717) is 5.92 Å². The zero-order valence-corrected chi connectivity index (χ0v) is 7.54. The van der Waals surface area contributed by atoms with E-state index in [1.807, 2.05) is 17.9 Å². The Kier molecular flexibility index (Phi) is 2.69. The van der Waals surface area contributed by atoms with E-state index in [0.717, 1.165) is 0 Å². The second-order valence-electron chi connectivity index (χ2n) is 3.07. The Bertz CT molecular complexity index is 215. The van der Waals surface area contributed by atoms with Gasteiger partial charge in [-0.2, -0.15) is 5.10 Å². The van der Waals surface area contributed by atoms with Gasteiger partial charge >= 0.3 is 0 Å². The summed E-state index contributed by atoms with van der Waals surface area (Å²) in [7, 11) is 2.00. The first-order valence-electron chi connectivity index (χ1n) is 4.23. The van der Waals surface area contributed by atoms with E-state index in [1.54, 1.807) is 0 Å². The van der Waals surface area contributed by atoms with Crippen LogP contribution in [0, 0.1) is 0 Å². The molecule has 0 bridgehead atoms. The van der Waals surface area contributed by atoms with Crippen molar-refractivity contribution in [3.8, 4) is 0 Å². The zero-order valence-electron chi connectivity index (χ0n) is 7.54. The van der Waals surface area contributed by atoms with Crippen LogP contribution in [0.5, 0.6) is 0 Å². The molecule has 11 heavy (non-hydrogen) atoms. The van der Waals surface area contributed by atoms with Crippen molar-refractivity contribution < 1.29 is 0 Å². The van der Waals surface area contributed by atoms with E-state index in [9.17, 15) is 0 Å². The fourth-order valence-corrected chi connectivity index (χ4v) is 1.45.